The van der Waals surface area contributed by atoms with Gasteiger partial charge in [0, 0.05) is 6.08 Å². The summed E-state index contributed by atoms with van der Waals surface area (Å²) in [4.78, 5) is 11.4. The highest BCUT2D eigenvalue weighted by Gasteiger charge is 1.99. The van der Waals surface area contributed by atoms with Gasteiger partial charge < -0.3 is 4.74 Å². The topological polar surface area (TPSA) is 26.3 Å². The van der Waals surface area contributed by atoms with Crippen molar-refractivity contribution in [3.63, 3.8) is 0 Å². The molecule has 0 aliphatic heterocycles. The minimum absolute atomic E-state index is 0.316. The normalized spacial score (nSPS) is 11.8. The molecule has 0 aromatic heterocycles. The zero-order valence-electron chi connectivity index (χ0n) is 15.1. The van der Waals surface area contributed by atoms with Crippen molar-refractivity contribution >= 4 is 34.5 Å². The Morgan fingerprint density at radius 1 is 0.923 bits per heavy atom. The maximum absolute atomic E-state index is 11.4. The molecule has 2 heteroatoms. The third-order valence-corrected chi connectivity index (χ3v) is 4.22. The van der Waals surface area contributed by atoms with Gasteiger partial charge in [-0.25, -0.2) is 4.79 Å². The number of benzene rings is 3. The van der Waals surface area contributed by atoms with E-state index >= 15 is 0 Å². The van der Waals surface area contributed by atoms with E-state index in [0.29, 0.717) is 6.61 Å². The van der Waals surface area contributed by atoms with Gasteiger partial charge in [0.15, 0.2) is 0 Å². The highest BCUT2D eigenvalue weighted by atomic mass is 16.5. The van der Waals surface area contributed by atoms with Crippen molar-refractivity contribution in [1.82, 2.24) is 0 Å². The molecule has 0 N–H and O–H groups in total. The number of carbonyl (C=O) groups excluding carboxylic acids is 1. The van der Waals surface area contributed by atoms with E-state index < -0.39 is 0 Å². The van der Waals surface area contributed by atoms with Gasteiger partial charge in [0.2, 0.25) is 0 Å². The summed E-state index contributed by atoms with van der Waals surface area (Å²) in [6, 6.07) is 23.0. The van der Waals surface area contributed by atoms with Crippen LogP contribution in [0.15, 0.2) is 72.8 Å². The predicted molar refractivity (Wildman–Crippen MR) is 110 cm³/mol. The largest absolute Gasteiger partial charge is 0.463 e. The van der Waals surface area contributed by atoms with Gasteiger partial charge in [-0.15, -0.1) is 0 Å². The molecule has 0 bridgehead atoms. The van der Waals surface area contributed by atoms with E-state index in [1.807, 2.05) is 12.1 Å². The molecule has 0 saturated heterocycles. The van der Waals surface area contributed by atoms with Gasteiger partial charge in [-0.05, 0) is 59.0 Å². The molecular formula is C24H22O2. The van der Waals surface area contributed by atoms with Crippen LogP contribution in [-0.2, 0) is 9.53 Å². The number of allylic oxidation sites excluding steroid dienone is 1. The SMILES string of the molecule is CCOC(=O)/C=C/c1ccc(/C=C(\C)c2ccc3ccccc3c2)cc1. The van der Waals surface area contributed by atoms with Crippen LogP contribution in [0.1, 0.15) is 30.5 Å². The predicted octanol–water partition coefficient (Wildman–Crippen LogP) is 5.98. The first-order valence-corrected chi connectivity index (χ1v) is 8.78. The first kappa shape index (κ1) is 17.7. The molecule has 130 valence electrons. The van der Waals surface area contributed by atoms with Crippen molar-refractivity contribution in [3.05, 3.63) is 89.5 Å². The Kier molecular flexibility index (Phi) is 5.65. The summed E-state index contributed by atoms with van der Waals surface area (Å²) in [5, 5.41) is 2.50. The highest BCUT2D eigenvalue weighted by molar-refractivity contribution is 5.89. The molecule has 0 radical (unpaired) electrons. The lowest BCUT2D eigenvalue weighted by Crippen LogP contribution is -1.98. The van der Waals surface area contributed by atoms with Crippen molar-refractivity contribution in [2.24, 2.45) is 0 Å². The van der Waals surface area contributed by atoms with E-state index in [4.69, 9.17) is 4.74 Å². The van der Waals surface area contributed by atoms with Crippen molar-refractivity contribution in [2.45, 2.75) is 13.8 Å². The van der Waals surface area contributed by atoms with Crippen LogP contribution < -0.4 is 0 Å². The Balaban J connectivity index is 1.76. The lowest BCUT2D eigenvalue weighted by atomic mass is 10.00. The van der Waals surface area contributed by atoms with Gasteiger partial charge in [0.25, 0.3) is 0 Å². The standard InChI is InChI=1S/C24H22O2/c1-3-26-24(25)15-12-19-8-10-20(11-9-19)16-18(2)22-14-13-21-6-4-5-7-23(21)17-22/h4-17H,3H2,1-2H3/b15-12+,18-16+. The van der Waals surface area contributed by atoms with Crippen LogP contribution in [0, 0.1) is 0 Å². The summed E-state index contributed by atoms with van der Waals surface area (Å²) >= 11 is 0. The summed E-state index contributed by atoms with van der Waals surface area (Å²) in [5.74, 6) is -0.316. The highest BCUT2D eigenvalue weighted by Crippen LogP contribution is 2.23. The fraction of sp³-hybridized carbons (Fsp3) is 0.125. The Morgan fingerprint density at radius 2 is 1.62 bits per heavy atom. The molecule has 0 saturated carbocycles. The van der Waals surface area contributed by atoms with Gasteiger partial charge in [-0.1, -0.05) is 66.7 Å². The second-order valence-corrected chi connectivity index (χ2v) is 6.14. The second-order valence-electron chi connectivity index (χ2n) is 6.14. The molecule has 0 heterocycles. The van der Waals surface area contributed by atoms with Crippen LogP contribution >= 0.6 is 0 Å². The van der Waals surface area contributed by atoms with E-state index in [-0.39, 0.29) is 5.97 Å². The van der Waals surface area contributed by atoms with Crippen molar-refractivity contribution in [3.8, 4) is 0 Å². The summed E-state index contributed by atoms with van der Waals surface area (Å²) in [7, 11) is 0. The van der Waals surface area contributed by atoms with Gasteiger partial charge in [0.1, 0.15) is 0 Å². The number of rotatable bonds is 5. The van der Waals surface area contributed by atoms with Crippen LogP contribution in [0.25, 0.3) is 28.5 Å². The van der Waals surface area contributed by atoms with E-state index in [9.17, 15) is 4.79 Å². The van der Waals surface area contributed by atoms with Crippen LogP contribution in [0.4, 0.5) is 0 Å². The minimum atomic E-state index is -0.316. The van der Waals surface area contributed by atoms with Crippen LogP contribution in [-0.4, -0.2) is 12.6 Å². The van der Waals surface area contributed by atoms with Gasteiger partial charge in [-0.3, -0.25) is 0 Å². The average molecular weight is 342 g/mol. The fourth-order valence-electron chi connectivity index (χ4n) is 2.83. The molecule has 26 heavy (non-hydrogen) atoms. The summed E-state index contributed by atoms with van der Waals surface area (Å²) < 4.78 is 4.88. The fourth-order valence-corrected chi connectivity index (χ4v) is 2.83. The Labute approximate surface area is 154 Å². The van der Waals surface area contributed by atoms with E-state index in [1.165, 1.54) is 28.0 Å². The molecule has 0 unspecified atom stereocenters. The zero-order valence-corrected chi connectivity index (χ0v) is 15.1. The lowest BCUT2D eigenvalue weighted by molar-refractivity contribution is -0.137. The van der Waals surface area contributed by atoms with Gasteiger partial charge in [-0.2, -0.15) is 0 Å². The third kappa shape index (κ3) is 4.48. The van der Waals surface area contributed by atoms with E-state index in [1.54, 1.807) is 13.0 Å². The monoisotopic (exact) mass is 342 g/mol. The molecule has 0 aliphatic rings. The van der Waals surface area contributed by atoms with E-state index in [0.717, 1.165) is 11.1 Å². The second kappa shape index (κ2) is 8.30. The van der Waals surface area contributed by atoms with Crippen molar-refractivity contribution < 1.29 is 9.53 Å². The van der Waals surface area contributed by atoms with Crippen LogP contribution in [0.3, 0.4) is 0 Å². The number of hydrogen-bond acceptors (Lipinski definition) is 2. The van der Waals surface area contributed by atoms with Crippen LogP contribution in [0.5, 0.6) is 0 Å². The molecule has 0 atom stereocenters. The van der Waals surface area contributed by atoms with Crippen molar-refractivity contribution in [1.29, 1.82) is 0 Å². The molecule has 2 nitrogen and oxygen atoms in total. The van der Waals surface area contributed by atoms with Gasteiger partial charge >= 0.3 is 5.97 Å². The number of fused-ring (bicyclic) bond motifs is 1. The molecule has 3 rings (SSSR count). The smallest absolute Gasteiger partial charge is 0.330 e. The quantitative estimate of drug-likeness (QED) is 0.324. The summed E-state index contributed by atoms with van der Waals surface area (Å²) in [6.45, 7) is 4.31. The third-order valence-electron chi connectivity index (χ3n) is 4.22. The molecule has 3 aromatic carbocycles. The molecule has 0 spiro atoms. The Bertz CT molecular complexity index is 963. The minimum Gasteiger partial charge on any atom is -0.463 e. The first-order chi connectivity index (χ1) is 12.7. The van der Waals surface area contributed by atoms with Crippen LogP contribution in [0.2, 0.25) is 0 Å². The van der Waals surface area contributed by atoms with Gasteiger partial charge in [0.05, 0.1) is 6.61 Å². The maximum atomic E-state index is 11.4. The maximum Gasteiger partial charge on any atom is 0.330 e. The Morgan fingerprint density at radius 3 is 2.35 bits per heavy atom. The number of ether oxygens (including phenoxy) is 1. The molecule has 3 aromatic rings. The molecule has 0 amide bonds. The molecule has 0 aliphatic carbocycles. The summed E-state index contributed by atoms with van der Waals surface area (Å²) in [6.07, 6.45) is 5.39. The first-order valence-electron chi connectivity index (χ1n) is 8.78. The summed E-state index contributed by atoms with van der Waals surface area (Å²) in [5.41, 5.74) is 4.53. The van der Waals surface area contributed by atoms with E-state index in [2.05, 4.69) is 67.6 Å². The Hall–Kier alpha value is -3.13. The molecule has 0 fully saturated rings. The zero-order chi connectivity index (χ0) is 18.4. The number of carbonyl (C=O) groups is 1. The molecular weight excluding hydrogens is 320 g/mol. The lowest BCUT2D eigenvalue weighted by Gasteiger charge is -2.05. The number of hydrogen-bond donors (Lipinski definition) is 0. The number of esters is 1. The van der Waals surface area contributed by atoms with Crippen molar-refractivity contribution in [2.75, 3.05) is 6.61 Å². The average Bonchev–Trinajstić information content (AvgIpc) is 2.67.